The van der Waals surface area contributed by atoms with Gasteiger partial charge in [-0.25, -0.2) is 0 Å². The van der Waals surface area contributed by atoms with Crippen LogP contribution < -0.4 is 0 Å². The van der Waals surface area contributed by atoms with E-state index in [4.69, 9.17) is 4.18 Å². The molecule has 1 fully saturated rings. The number of carbonyl (C=O) groups excluding carboxylic acids is 1. The highest BCUT2D eigenvalue weighted by atomic mass is 32.2. The Kier molecular flexibility index (Phi) is 6.26. The average Bonchev–Trinajstić information content (AvgIpc) is 2.42. The first kappa shape index (κ1) is 15.7. The van der Waals surface area contributed by atoms with Crippen LogP contribution in [-0.2, 0) is 19.7 Å². The highest BCUT2D eigenvalue weighted by Gasteiger charge is 2.17. The maximum absolute atomic E-state index is 11.0. The van der Waals surface area contributed by atoms with Crippen LogP contribution in [0.2, 0.25) is 0 Å². The number of amides is 1. The van der Waals surface area contributed by atoms with E-state index >= 15 is 0 Å². The fourth-order valence-corrected chi connectivity index (χ4v) is 4.69. The summed E-state index contributed by atoms with van der Waals surface area (Å²) < 4.78 is 9.89. The van der Waals surface area contributed by atoms with Gasteiger partial charge in [0.2, 0.25) is 5.91 Å². The van der Waals surface area contributed by atoms with Crippen LogP contribution in [0.4, 0.5) is 0 Å². The molecule has 1 aromatic carbocycles. The van der Waals surface area contributed by atoms with E-state index in [1.165, 1.54) is 17.6 Å². The molecule has 1 aromatic rings. The molecule has 0 atom stereocenters. The van der Waals surface area contributed by atoms with Gasteiger partial charge in [0.05, 0.1) is 6.61 Å². The molecule has 3 nitrogen and oxygen atoms in total. The highest BCUT2D eigenvalue weighted by molar-refractivity contribution is 7.94. The molecule has 0 spiro atoms. The maximum Gasteiger partial charge on any atom is 0.248 e. The van der Waals surface area contributed by atoms with Gasteiger partial charge >= 0.3 is 0 Å². The van der Waals surface area contributed by atoms with Crippen molar-refractivity contribution in [3.05, 3.63) is 29.8 Å². The maximum atomic E-state index is 11.0. The molecule has 1 aliphatic rings. The van der Waals surface area contributed by atoms with E-state index in [9.17, 15) is 4.79 Å². The Hall–Kier alpha value is -0.650. The van der Waals surface area contributed by atoms with Crippen LogP contribution in [0.3, 0.4) is 0 Å². The number of aryl methyl sites for hydroxylation is 1. The first-order valence-electron chi connectivity index (χ1n) is 6.89. The van der Waals surface area contributed by atoms with E-state index in [2.05, 4.69) is 35.6 Å². The van der Waals surface area contributed by atoms with Crippen LogP contribution in [-0.4, -0.2) is 24.0 Å². The second-order valence-electron chi connectivity index (χ2n) is 5.11. The van der Waals surface area contributed by atoms with Crippen molar-refractivity contribution in [3.8, 4) is 0 Å². The van der Waals surface area contributed by atoms with Crippen LogP contribution in [0.5, 0.6) is 0 Å². The van der Waals surface area contributed by atoms with Gasteiger partial charge in [-0.2, -0.15) is 4.36 Å². The molecule has 0 aromatic heterocycles. The first-order chi connectivity index (χ1) is 9.63. The molecular formula is C15H21NO2S2. The quantitative estimate of drug-likeness (QED) is 0.794. The zero-order chi connectivity index (χ0) is 14.4. The smallest absolute Gasteiger partial charge is 0.248 e. The molecule has 1 heterocycles. The highest BCUT2D eigenvalue weighted by Crippen LogP contribution is 2.24. The third-order valence-corrected chi connectivity index (χ3v) is 5.91. The van der Waals surface area contributed by atoms with Gasteiger partial charge in [0.1, 0.15) is 0 Å². The Labute approximate surface area is 127 Å². The van der Waals surface area contributed by atoms with Gasteiger partial charge in [-0.05, 0) is 37.8 Å². The Balaban J connectivity index is 1.69. The zero-order valence-electron chi connectivity index (χ0n) is 12.0. The summed E-state index contributed by atoms with van der Waals surface area (Å²) in [4.78, 5) is 12.1. The normalized spacial score (nSPS) is 22.5. The van der Waals surface area contributed by atoms with E-state index < -0.39 is 0 Å². The third kappa shape index (κ3) is 5.38. The van der Waals surface area contributed by atoms with Crippen molar-refractivity contribution in [1.29, 1.82) is 0 Å². The molecule has 5 heteroatoms. The lowest BCUT2D eigenvalue weighted by atomic mass is 10.1. The molecule has 0 radical (unpaired) electrons. The van der Waals surface area contributed by atoms with Gasteiger partial charge < -0.3 is 4.18 Å². The van der Waals surface area contributed by atoms with Crippen molar-refractivity contribution in [2.24, 2.45) is 10.3 Å². The Morgan fingerprint density at radius 1 is 1.35 bits per heavy atom. The molecule has 0 bridgehead atoms. The minimum absolute atomic E-state index is 0.0265. The van der Waals surface area contributed by atoms with Gasteiger partial charge in [0.25, 0.3) is 0 Å². The number of hydrogen-bond donors (Lipinski definition) is 0. The van der Waals surface area contributed by atoms with Crippen LogP contribution in [0.25, 0.3) is 0 Å². The summed E-state index contributed by atoms with van der Waals surface area (Å²) in [5.41, 5.74) is 1.27. The standard InChI is InChI=1S/C15H21NO2S2/c1-12-3-5-15(6-4-12)19-18-11-14-7-9-20(10-8-14)16-13(2)17/h3-6,14H,7-11H2,1-2H3. The lowest BCUT2D eigenvalue weighted by Crippen LogP contribution is -2.21. The summed E-state index contributed by atoms with van der Waals surface area (Å²) in [6, 6.07) is 8.37. The number of rotatable bonds is 4. The van der Waals surface area contributed by atoms with Crippen molar-refractivity contribution in [1.82, 2.24) is 0 Å². The first-order valence-corrected chi connectivity index (χ1v) is 9.15. The second-order valence-corrected chi connectivity index (χ2v) is 7.90. The number of hydrogen-bond acceptors (Lipinski definition) is 3. The van der Waals surface area contributed by atoms with E-state index in [0.29, 0.717) is 5.92 Å². The van der Waals surface area contributed by atoms with Gasteiger partial charge in [0, 0.05) is 35.4 Å². The third-order valence-electron chi connectivity index (χ3n) is 3.26. The van der Waals surface area contributed by atoms with E-state index in [1.54, 1.807) is 6.92 Å². The fraction of sp³-hybridized carbons (Fsp3) is 0.533. The zero-order valence-corrected chi connectivity index (χ0v) is 13.6. The van der Waals surface area contributed by atoms with Crippen molar-refractivity contribution in [3.63, 3.8) is 0 Å². The van der Waals surface area contributed by atoms with E-state index in [1.807, 2.05) is 0 Å². The predicted octanol–water partition coefficient (Wildman–Crippen LogP) is 3.78. The molecule has 1 saturated heterocycles. The summed E-state index contributed by atoms with van der Waals surface area (Å²) in [6.45, 7) is 4.41. The van der Waals surface area contributed by atoms with Crippen LogP contribution in [0, 0.1) is 12.8 Å². The molecule has 110 valence electrons. The fourth-order valence-electron chi connectivity index (χ4n) is 2.08. The molecule has 0 N–H and O–H groups in total. The Morgan fingerprint density at radius 2 is 2.00 bits per heavy atom. The van der Waals surface area contributed by atoms with E-state index in [0.717, 1.165) is 35.8 Å². The van der Waals surface area contributed by atoms with E-state index in [-0.39, 0.29) is 16.6 Å². The summed E-state index contributed by atoms with van der Waals surface area (Å²) in [6.07, 6.45) is 2.24. The SMILES string of the molecule is CC(=O)N=S1CCC(COSc2ccc(C)cc2)CC1. The molecule has 0 saturated carbocycles. The minimum Gasteiger partial charge on any atom is -0.310 e. The molecule has 0 aliphatic carbocycles. The molecule has 20 heavy (non-hydrogen) atoms. The molecule has 1 aliphatic heterocycles. The average molecular weight is 311 g/mol. The van der Waals surface area contributed by atoms with Crippen molar-refractivity contribution in [2.75, 3.05) is 18.1 Å². The summed E-state index contributed by atoms with van der Waals surface area (Å²) >= 11 is 1.46. The number of carbonyl (C=O) groups is 1. The number of nitrogens with zero attached hydrogens (tertiary/aromatic N) is 1. The number of benzene rings is 1. The van der Waals surface area contributed by atoms with Gasteiger partial charge in [-0.1, -0.05) is 28.4 Å². The van der Waals surface area contributed by atoms with Gasteiger partial charge in [-0.3, -0.25) is 4.79 Å². The lowest BCUT2D eigenvalue weighted by molar-refractivity contribution is -0.115. The Morgan fingerprint density at radius 3 is 2.60 bits per heavy atom. The van der Waals surface area contributed by atoms with Crippen LogP contribution in [0.1, 0.15) is 25.3 Å². The lowest BCUT2D eigenvalue weighted by Gasteiger charge is -2.22. The summed E-state index contributed by atoms with van der Waals surface area (Å²) in [5, 5.41) is 0. The molecule has 0 unspecified atom stereocenters. The molecule has 1 amide bonds. The summed E-state index contributed by atoms with van der Waals surface area (Å²) in [5.74, 6) is 2.67. The second kappa shape index (κ2) is 7.96. The Bertz CT molecular complexity index is 475. The topological polar surface area (TPSA) is 38.7 Å². The van der Waals surface area contributed by atoms with Crippen molar-refractivity contribution in [2.45, 2.75) is 31.6 Å². The summed E-state index contributed by atoms with van der Waals surface area (Å²) in [7, 11) is -0.0265. The minimum atomic E-state index is -0.0297. The van der Waals surface area contributed by atoms with Crippen molar-refractivity contribution < 1.29 is 8.98 Å². The molecule has 2 rings (SSSR count). The largest absolute Gasteiger partial charge is 0.310 e. The van der Waals surface area contributed by atoms with Gasteiger partial charge in [-0.15, -0.1) is 0 Å². The van der Waals surface area contributed by atoms with Crippen LogP contribution in [0.15, 0.2) is 33.5 Å². The van der Waals surface area contributed by atoms with Crippen molar-refractivity contribution >= 4 is 28.6 Å². The monoisotopic (exact) mass is 311 g/mol. The van der Waals surface area contributed by atoms with Gasteiger partial charge in [0.15, 0.2) is 0 Å². The van der Waals surface area contributed by atoms with Crippen LogP contribution >= 0.6 is 12.0 Å². The predicted molar refractivity (Wildman–Crippen MR) is 85.9 cm³/mol. The molecular weight excluding hydrogens is 290 g/mol.